The molecule has 0 saturated carbocycles. The molecule has 6 heteroatoms. The fourth-order valence-electron chi connectivity index (χ4n) is 2.22. The number of esters is 1. The molecule has 6 nitrogen and oxygen atoms in total. The van der Waals surface area contributed by atoms with Gasteiger partial charge in [-0.1, -0.05) is 0 Å². The zero-order valence-corrected chi connectivity index (χ0v) is 13.4. The summed E-state index contributed by atoms with van der Waals surface area (Å²) in [4.78, 5) is 16.2. The normalized spacial score (nSPS) is 15.3. The van der Waals surface area contributed by atoms with Gasteiger partial charge in [0.1, 0.15) is 5.76 Å². The van der Waals surface area contributed by atoms with Crippen LogP contribution >= 0.6 is 0 Å². The number of hydrogen-bond donors (Lipinski definition) is 0. The standard InChI is InChI=1S/C18H17NO5/c1-3-21-15-8-7-12(10-16(15)22-4-2)17-19-14(18(20)24-17)11-13-6-5-9-23-13/h5-11H,3-4H2,1-2H3. The van der Waals surface area contributed by atoms with Crippen LogP contribution in [0.15, 0.2) is 51.7 Å². The van der Waals surface area contributed by atoms with E-state index in [4.69, 9.17) is 18.6 Å². The summed E-state index contributed by atoms with van der Waals surface area (Å²) >= 11 is 0. The summed E-state index contributed by atoms with van der Waals surface area (Å²) in [6.07, 6.45) is 3.06. The van der Waals surface area contributed by atoms with Crippen LogP contribution in [0.1, 0.15) is 25.2 Å². The molecule has 0 radical (unpaired) electrons. The molecule has 0 saturated heterocycles. The molecule has 0 bridgehead atoms. The van der Waals surface area contributed by atoms with Crippen LogP contribution < -0.4 is 9.47 Å². The van der Waals surface area contributed by atoms with Crippen LogP contribution in [0, 0.1) is 0 Å². The molecule has 1 aromatic carbocycles. The Morgan fingerprint density at radius 2 is 1.92 bits per heavy atom. The highest BCUT2D eigenvalue weighted by Gasteiger charge is 2.25. The van der Waals surface area contributed by atoms with Crippen LogP contribution in [0.25, 0.3) is 6.08 Å². The number of rotatable bonds is 6. The topological polar surface area (TPSA) is 70.3 Å². The predicted molar refractivity (Wildman–Crippen MR) is 88.1 cm³/mol. The van der Waals surface area contributed by atoms with Gasteiger partial charge in [0.25, 0.3) is 0 Å². The van der Waals surface area contributed by atoms with Gasteiger partial charge in [0, 0.05) is 11.6 Å². The summed E-state index contributed by atoms with van der Waals surface area (Å²) in [6, 6.07) is 8.76. The van der Waals surface area contributed by atoms with Crippen molar-refractivity contribution in [3.8, 4) is 11.5 Å². The molecule has 124 valence electrons. The van der Waals surface area contributed by atoms with Gasteiger partial charge in [-0.25, -0.2) is 9.79 Å². The lowest BCUT2D eigenvalue weighted by molar-refractivity contribution is -0.129. The van der Waals surface area contributed by atoms with Gasteiger partial charge in [-0.2, -0.15) is 0 Å². The maximum atomic E-state index is 12.0. The van der Waals surface area contributed by atoms with Gasteiger partial charge in [0.15, 0.2) is 17.2 Å². The van der Waals surface area contributed by atoms with Crippen molar-refractivity contribution >= 4 is 17.9 Å². The smallest absolute Gasteiger partial charge is 0.363 e. The Morgan fingerprint density at radius 3 is 2.62 bits per heavy atom. The van der Waals surface area contributed by atoms with E-state index in [0.29, 0.717) is 36.0 Å². The van der Waals surface area contributed by atoms with E-state index in [9.17, 15) is 4.79 Å². The van der Waals surface area contributed by atoms with E-state index in [1.54, 1.807) is 30.3 Å². The fourth-order valence-corrected chi connectivity index (χ4v) is 2.22. The Kier molecular flexibility index (Phi) is 4.65. The minimum absolute atomic E-state index is 0.187. The monoisotopic (exact) mass is 327 g/mol. The van der Waals surface area contributed by atoms with Gasteiger partial charge in [-0.15, -0.1) is 0 Å². The molecule has 3 rings (SSSR count). The van der Waals surface area contributed by atoms with Crippen molar-refractivity contribution in [2.45, 2.75) is 13.8 Å². The van der Waals surface area contributed by atoms with Crippen molar-refractivity contribution in [3.63, 3.8) is 0 Å². The highest BCUT2D eigenvalue weighted by atomic mass is 16.6. The van der Waals surface area contributed by atoms with Gasteiger partial charge in [-0.3, -0.25) is 0 Å². The Bertz CT molecular complexity index is 790. The van der Waals surface area contributed by atoms with Gasteiger partial charge in [-0.05, 0) is 44.2 Å². The molecule has 0 N–H and O–H groups in total. The molecule has 1 aliphatic rings. The average Bonchev–Trinajstić information content (AvgIpc) is 3.20. The fraction of sp³-hybridized carbons (Fsp3) is 0.222. The quantitative estimate of drug-likeness (QED) is 0.600. The molecule has 0 unspecified atom stereocenters. The highest BCUT2D eigenvalue weighted by Crippen LogP contribution is 2.30. The van der Waals surface area contributed by atoms with Crippen molar-refractivity contribution in [2.24, 2.45) is 4.99 Å². The summed E-state index contributed by atoms with van der Waals surface area (Å²) in [5.41, 5.74) is 0.824. The number of furan rings is 1. The van der Waals surface area contributed by atoms with Crippen LogP contribution in [0.5, 0.6) is 11.5 Å². The third kappa shape index (κ3) is 3.32. The summed E-state index contributed by atoms with van der Waals surface area (Å²) in [5.74, 6) is 1.46. The van der Waals surface area contributed by atoms with Crippen molar-refractivity contribution < 1.29 is 23.4 Å². The largest absolute Gasteiger partial charge is 0.490 e. The zero-order valence-electron chi connectivity index (χ0n) is 13.4. The first kappa shape index (κ1) is 15.9. The molecule has 0 aliphatic carbocycles. The third-order valence-electron chi connectivity index (χ3n) is 3.23. The molecule has 2 aromatic rings. The van der Waals surface area contributed by atoms with Crippen LogP contribution in [0.3, 0.4) is 0 Å². The maximum Gasteiger partial charge on any atom is 0.363 e. The molecule has 0 amide bonds. The average molecular weight is 327 g/mol. The van der Waals surface area contributed by atoms with E-state index in [1.807, 2.05) is 13.8 Å². The van der Waals surface area contributed by atoms with Crippen LogP contribution in [-0.4, -0.2) is 25.1 Å². The van der Waals surface area contributed by atoms with Crippen molar-refractivity contribution in [2.75, 3.05) is 13.2 Å². The van der Waals surface area contributed by atoms with E-state index in [2.05, 4.69) is 4.99 Å². The minimum Gasteiger partial charge on any atom is -0.490 e. The summed E-state index contributed by atoms with van der Waals surface area (Å²) < 4.78 is 21.5. The van der Waals surface area contributed by atoms with E-state index in [-0.39, 0.29) is 11.6 Å². The molecule has 0 atom stereocenters. The molecular weight excluding hydrogens is 310 g/mol. The van der Waals surface area contributed by atoms with E-state index in [0.717, 1.165) is 0 Å². The number of carbonyl (C=O) groups is 1. The van der Waals surface area contributed by atoms with E-state index < -0.39 is 5.97 Å². The van der Waals surface area contributed by atoms with Crippen molar-refractivity contribution in [1.82, 2.24) is 0 Å². The van der Waals surface area contributed by atoms with Crippen molar-refractivity contribution in [3.05, 3.63) is 53.6 Å². The molecule has 1 aliphatic heterocycles. The molecule has 0 spiro atoms. The van der Waals surface area contributed by atoms with Crippen molar-refractivity contribution in [1.29, 1.82) is 0 Å². The highest BCUT2D eigenvalue weighted by molar-refractivity contribution is 6.12. The summed E-state index contributed by atoms with van der Waals surface area (Å²) in [6.45, 7) is 4.82. The summed E-state index contributed by atoms with van der Waals surface area (Å²) in [7, 11) is 0. The molecule has 24 heavy (non-hydrogen) atoms. The molecule has 1 aromatic heterocycles. The second kappa shape index (κ2) is 7.04. The zero-order chi connectivity index (χ0) is 16.9. The molecule has 2 heterocycles. The second-order valence-electron chi connectivity index (χ2n) is 4.88. The first-order chi connectivity index (χ1) is 11.7. The second-order valence-corrected chi connectivity index (χ2v) is 4.88. The number of aliphatic imine (C=N–C) groups is 1. The number of benzene rings is 1. The third-order valence-corrected chi connectivity index (χ3v) is 3.23. The van der Waals surface area contributed by atoms with Gasteiger partial charge in [0.05, 0.1) is 19.5 Å². The Labute approximate surface area is 139 Å². The summed E-state index contributed by atoms with van der Waals surface area (Å²) in [5, 5.41) is 0. The van der Waals surface area contributed by atoms with E-state index >= 15 is 0 Å². The molecule has 0 fully saturated rings. The SMILES string of the molecule is CCOc1ccc(C2=NC(=Cc3ccco3)C(=O)O2)cc1OCC. The maximum absolute atomic E-state index is 12.0. The first-order valence-corrected chi connectivity index (χ1v) is 7.67. The lowest BCUT2D eigenvalue weighted by Crippen LogP contribution is -2.06. The lowest BCUT2D eigenvalue weighted by atomic mass is 10.2. The Balaban J connectivity index is 1.91. The number of cyclic esters (lactones) is 1. The van der Waals surface area contributed by atoms with Gasteiger partial charge in [0.2, 0.25) is 5.90 Å². The first-order valence-electron chi connectivity index (χ1n) is 7.67. The number of nitrogens with zero attached hydrogens (tertiary/aromatic N) is 1. The molecular formula is C18H17NO5. The number of carbonyl (C=O) groups excluding carboxylic acids is 1. The van der Waals surface area contributed by atoms with Crippen LogP contribution in [0.4, 0.5) is 0 Å². The minimum atomic E-state index is -0.520. The van der Waals surface area contributed by atoms with Crippen LogP contribution in [0.2, 0.25) is 0 Å². The van der Waals surface area contributed by atoms with Crippen LogP contribution in [-0.2, 0) is 9.53 Å². The van der Waals surface area contributed by atoms with Gasteiger partial charge >= 0.3 is 5.97 Å². The Morgan fingerprint density at radius 1 is 1.12 bits per heavy atom. The number of hydrogen-bond acceptors (Lipinski definition) is 6. The predicted octanol–water partition coefficient (Wildman–Crippen LogP) is 3.42. The van der Waals surface area contributed by atoms with E-state index in [1.165, 1.54) is 12.3 Å². The number of ether oxygens (including phenoxy) is 3. The Hall–Kier alpha value is -3.02. The lowest BCUT2D eigenvalue weighted by Gasteiger charge is -2.11. The van der Waals surface area contributed by atoms with Gasteiger partial charge < -0.3 is 18.6 Å².